The van der Waals surface area contributed by atoms with E-state index in [9.17, 15) is 9.59 Å². The van der Waals surface area contributed by atoms with Crippen molar-refractivity contribution >= 4 is 17.5 Å². The summed E-state index contributed by atoms with van der Waals surface area (Å²) in [5.41, 5.74) is 0.635. The molecular formula is C18H24N2O3. The van der Waals surface area contributed by atoms with E-state index in [0.717, 1.165) is 25.1 Å². The summed E-state index contributed by atoms with van der Waals surface area (Å²) in [6, 6.07) is 7.23. The van der Waals surface area contributed by atoms with Crippen LogP contribution in [0, 0.1) is 0 Å². The van der Waals surface area contributed by atoms with Crippen LogP contribution in [0.15, 0.2) is 24.3 Å². The van der Waals surface area contributed by atoms with Crippen LogP contribution >= 0.6 is 0 Å². The lowest BCUT2D eigenvalue weighted by molar-refractivity contribution is -0.123. The fraction of sp³-hybridized carbons (Fsp3) is 0.556. The third kappa shape index (κ3) is 3.11. The number of hydrogen-bond acceptors (Lipinski definition) is 4. The molecule has 0 saturated carbocycles. The van der Waals surface area contributed by atoms with Gasteiger partial charge in [-0.3, -0.25) is 14.5 Å². The first-order chi connectivity index (χ1) is 11.1. The van der Waals surface area contributed by atoms with Crippen LogP contribution in [0.4, 0.5) is 5.69 Å². The highest BCUT2D eigenvalue weighted by Gasteiger charge is 2.44. The number of piperidine rings is 1. The SMILES string of the molecule is CCOc1ccc(N2C(=O)C[C@H](N3CCCC[C@H]3C)C2=O)cc1. The Kier molecular flexibility index (Phi) is 4.66. The lowest BCUT2D eigenvalue weighted by Crippen LogP contribution is -2.48. The molecule has 0 aromatic heterocycles. The number of benzene rings is 1. The highest BCUT2D eigenvalue weighted by atomic mass is 16.5. The van der Waals surface area contributed by atoms with Gasteiger partial charge in [0, 0.05) is 6.04 Å². The molecule has 2 fully saturated rings. The summed E-state index contributed by atoms with van der Waals surface area (Å²) in [4.78, 5) is 28.7. The predicted octanol–water partition coefficient (Wildman–Crippen LogP) is 2.59. The second kappa shape index (κ2) is 6.71. The van der Waals surface area contributed by atoms with Gasteiger partial charge in [0.15, 0.2) is 0 Å². The highest BCUT2D eigenvalue weighted by Crippen LogP contribution is 2.30. The zero-order valence-corrected chi connectivity index (χ0v) is 13.8. The van der Waals surface area contributed by atoms with Crippen LogP contribution in [0.1, 0.15) is 39.5 Å². The van der Waals surface area contributed by atoms with Crippen LogP contribution in [0.2, 0.25) is 0 Å². The molecule has 0 radical (unpaired) electrons. The van der Waals surface area contributed by atoms with E-state index in [4.69, 9.17) is 4.74 Å². The second-order valence-electron chi connectivity index (χ2n) is 6.30. The van der Waals surface area contributed by atoms with Gasteiger partial charge in [0.05, 0.1) is 24.8 Å². The van der Waals surface area contributed by atoms with Crippen molar-refractivity contribution in [3.63, 3.8) is 0 Å². The van der Waals surface area contributed by atoms with Crippen molar-refractivity contribution in [1.29, 1.82) is 0 Å². The van der Waals surface area contributed by atoms with Crippen molar-refractivity contribution < 1.29 is 14.3 Å². The average molecular weight is 316 g/mol. The third-order valence-electron chi connectivity index (χ3n) is 4.78. The molecule has 0 bridgehead atoms. The molecule has 2 heterocycles. The first-order valence-corrected chi connectivity index (χ1v) is 8.47. The van der Waals surface area contributed by atoms with Crippen molar-refractivity contribution in [2.24, 2.45) is 0 Å². The molecule has 2 amide bonds. The van der Waals surface area contributed by atoms with Crippen molar-refractivity contribution in [3.8, 4) is 5.75 Å². The van der Waals surface area contributed by atoms with E-state index in [1.165, 1.54) is 11.3 Å². The van der Waals surface area contributed by atoms with Crippen LogP contribution in [0.25, 0.3) is 0 Å². The van der Waals surface area contributed by atoms with Gasteiger partial charge in [-0.15, -0.1) is 0 Å². The Bertz CT molecular complexity index is 584. The Morgan fingerprint density at radius 2 is 1.91 bits per heavy atom. The number of ether oxygens (including phenoxy) is 1. The summed E-state index contributed by atoms with van der Waals surface area (Å²) >= 11 is 0. The molecule has 23 heavy (non-hydrogen) atoms. The number of likely N-dealkylation sites (tertiary alicyclic amines) is 1. The van der Waals surface area contributed by atoms with E-state index in [1.807, 2.05) is 6.92 Å². The summed E-state index contributed by atoms with van der Waals surface area (Å²) in [5, 5.41) is 0. The number of hydrogen-bond donors (Lipinski definition) is 0. The van der Waals surface area contributed by atoms with Crippen molar-refractivity contribution in [3.05, 3.63) is 24.3 Å². The Labute approximate surface area is 137 Å². The van der Waals surface area contributed by atoms with Crippen LogP contribution in [-0.4, -0.2) is 41.9 Å². The number of rotatable bonds is 4. The molecule has 3 rings (SSSR count). The molecule has 2 aliphatic rings. The summed E-state index contributed by atoms with van der Waals surface area (Å²) in [5.74, 6) is 0.548. The molecule has 124 valence electrons. The predicted molar refractivity (Wildman–Crippen MR) is 88.5 cm³/mol. The molecule has 2 atom stereocenters. The van der Waals surface area contributed by atoms with Gasteiger partial charge in [0.2, 0.25) is 5.91 Å². The number of nitrogens with zero attached hydrogens (tertiary/aromatic N) is 2. The smallest absolute Gasteiger partial charge is 0.251 e. The first kappa shape index (κ1) is 16.0. The maximum absolute atomic E-state index is 12.8. The fourth-order valence-electron chi connectivity index (χ4n) is 3.59. The van der Waals surface area contributed by atoms with Crippen molar-refractivity contribution in [2.75, 3.05) is 18.1 Å². The fourth-order valence-corrected chi connectivity index (χ4v) is 3.59. The van der Waals surface area contributed by atoms with Gasteiger partial charge >= 0.3 is 0 Å². The van der Waals surface area contributed by atoms with Crippen LogP contribution in [0.5, 0.6) is 5.75 Å². The summed E-state index contributed by atoms with van der Waals surface area (Å²) in [7, 11) is 0. The van der Waals surface area contributed by atoms with E-state index in [-0.39, 0.29) is 24.3 Å². The Morgan fingerprint density at radius 3 is 2.57 bits per heavy atom. The number of carbonyl (C=O) groups excluding carboxylic acids is 2. The maximum Gasteiger partial charge on any atom is 0.251 e. The van der Waals surface area contributed by atoms with E-state index in [1.54, 1.807) is 24.3 Å². The summed E-state index contributed by atoms with van der Waals surface area (Å²) in [6.45, 7) is 5.57. The summed E-state index contributed by atoms with van der Waals surface area (Å²) in [6.07, 6.45) is 3.69. The maximum atomic E-state index is 12.8. The van der Waals surface area contributed by atoms with E-state index < -0.39 is 0 Å². The molecule has 5 heteroatoms. The summed E-state index contributed by atoms with van der Waals surface area (Å²) < 4.78 is 5.41. The molecular weight excluding hydrogens is 292 g/mol. The molecule has 5 nitrogen and oxygen atoms in total. The van der Waals surface area contributed by atoms with E-state index in [2.05, 4.69) is 11.8 Å². The highest BCUT2D eigenvalue weighted by molar-refractivity contribution is 6.22. The van der Waals surface area contributed by atoms with E-state index in [0.29, 0.717) is 18.3 Å². The zero-order valence-electron chi connectivity index (χ0n) is 13.8. The monoisotopic (exact) mass is 316 g/mol. The Balaban J connectivity index is 1.78. The standard InChI is InChI=1S/C18H24N2O3/c1-3-23-15-9-7-14(8-10-15)20-17(21)12-16(18(20)22)19-11-5-4-6-13(19)2/h7-10,13,16H,3-6,11-12H2,1-2H3/t13-,16+/m1/s1. The molecule has 0 N–H and O–H groups in total. The molecule has 0 unspecified atom stereocenters. The van der Waals surface area contributed by atoms with Gasteiger partial charge in [-0.1, -0.05) is 6.42 Å². The lowest BCUT2D eigenvalue weighted by Gasteiger charge is -2.36. The minimum atomic E-state index is -0.302. The van der Waals surface area contributed by atoms with Crippen molar-refractivity contribution in [2.45, 2.75) is 51.6 Å². The Hall–Kier alpha value is -1.88. The first-order valence-electron chi connectivity index (χ1n) is 8.47. The van der Waals surface area contributed by atoms with Gasteiger partial charge in [0.1, 0.15) is 5.75 Å². The van der Waals surface area contributed by atoms with Crippen LogP contribution in [0.3, 0.4) is 0 Å². The van der Waals surface area contributed by atoms with Gasteiger partial charge in [-0.2, -0.15) is 0 Å². The molecule has 2 aliphatic heterocycles. The van der Waals surface area contributed by atoms with Crippen LogP contribution < -0.4 is 9.64 Å². The molecule has 0 aliphatic carbocycles. The van der Waals surface area contributed by atoms with E-state index >= 15 is 0 Å². The minimum Gasteiger partial charge on any atom is -0.494 e. The minimum absolute atomic E-state index is 0.0899. The van der Waals surface area contributed by atoms with Gasteiger partial charge in [-0.25, -0.2) is 4.90 Å². The number of amides is 2. The second-order valence-corrected chi connectivity index (χ2v) is 6.30. The quantitative estimate of drug-likeness (QED) is 0.801. The largest absolute Gasteiger partial charge is 0.494 e. The van der Waals surface area contributed by atoms with Gasteiger partial charge < -0.3 is 4.74 Å². The number of carbonyl (C=O) groups is 2. The van der Waals surface area contributed by atoms with Gasteiger partial charge in [-0.05, 0) is 57.5 Å². The normalized spacial score (nSPS) is 25.9. The molecule has 1 aromatic rings. The lowest BCUT2D eigenvalue weighted by atomic mass is 10.0. The molecule has 0 spiro atoms. The molecule has 1 aromatic carbocycles. The number of imide groups is 1. The average Bonchev–Trinajstić information content (AvgIpc) is 2.84. The zero-order chi connectivity index (χ0) is 16.4. The third-order valence-corrected chi connectivity index (χ3v) is 4.78. The topological polar surface area (TPSA) is 49.9 Å². The number of anilines is 1. The molecule has 2 saturated heterocycles. The van der Waals surface area contributed by atoms with Crippen molar-refractivity contribution in [1.82, 2.24) is 4.90 Å². The van der Waals surface area contributed by atoms with Gasteiger partial charge in [0.25, 0.3) is 5.91 Å². The Morgan fingerprint density at radius 1 is 1.17 bits per heavy atom. The van der Waals surface area contributed by atoms with Crippen LogP contribution in [-0.2, 0) is 9.59 Å².